The molecule has 8 heteroatoms. The Hall–Kier alpha value is -1.77. The number of sulfonamides is 1. The normalized spacial score (nSPS) is 15.8. The Morgan fingerprint density at radius 2 is 1.69 bits per heavy atom. The molecule has 1 aliphatic rings. The topological polar surface area (TPSA) is 57.7 Å². The Morgan fingerprint density at radius 1 is 1.04 bits per heavy atom. The quantitative estimate of drug-likeness (QED) is 0.734. The van der Waals surface area contributed by atoms with Gasteiger partial charge < -0.3 is 4.90 Å². The summed E-state index contributed by atoms with van der Waals surface area (Å²) in [5.74, 6) is -1.08. The van der Waals surface area contributed by atoms with Crippen molar-refractivity contribution >= 4 is 31.9 Å². The van der Waals surface area contributed by atoms with Gasteiger partial charge >= 0.3 is 0 Å². The fourth-order valence-corrected chi connectivity index (χ4v) is 4.75. The summed E-state index contributed by atoms with van der Waals surface area (Å²) in [5, 5.41) is 0. The van der Waals surface area contributed by atoms with Crippen molar-refractivity contribution in [3.63, 3.8) is 0 Å². The summed E-state index contributed by atoms with van der Waals surface area (Å²) in [6.45, 7) is 0.880. The number of nitrogens with zero attached hydrogens (tertiary/aromatic N) is 2. The van der Waals surface area contributed by atoms with E-state index in [4.69, 9.17) is 0 Å². The lowest BCUT2D eigenvalue weighted by Gasteiger charge is -2.34. The van der Waals surface area contributed by atoms with E-state index in [9.17, 15) is 17.6 Å². The van der Waals surface area contributed by atoms with Crippen LogP contribution in [-0.2, 0) is 15.8 Å². The van der Waals surface area contributed by atoms with Crippen molar-refractivity contribution in [2.24, 2.45) is 0 Å². The van der Waals surface area contributed by atoms with Crippen LogP contribution in [-0.4, -0.2) is 49.7 Å². The highest BCUT2D eigenvalue weighted by atomic mass is 79.9. The maximum Gasteiger partial charge on any atom is 0.256 e. The Bertz CT molecular complexity index is 898. The molecule has 1 fully saturated rings. The number of hydrogen-bond acceptors (Lipinski definition) is 3. The van der Waals surface area contributed by atoms with Crippen molar-refractivity contribution in [3.05, 3.63) is 69.9 Å². The van der Waals surface area contributed by atoms with Gasteiger partial charge in [0.15, 0.2) is 0 Å². The predicted octanol–water partition coefficient (Wildman–Crippen LogP) is 2.88. The summed E-state index contributed by atoms with van der Waals surface area (Å²) in [5.41, 5.74) is 0.710. The Labute approximate surface area is 160 Å². The number of hydrogen-bond donors (Lipinski definition) is 0. The second-order valence-electron chi connectivity index (χ2n) is 6.06. The molecule has 0 bridgehead atoms. The maximum absolute atomic E-state index is 13.9. The van der Waals surface area contributed by atoms with Crippen LogP contribution in [0.15, 0.2) is 53.0 Å². The van der Waals surface area contributed by atoms with Gasteiger partial charge in [0.2, 0.25) is 10.0 Å². The lowest BCUT2D eigenvalue weighted by molar-refractivity contribution is 0.0693. The minimum Gasteiger partial charge on any atom is -0.336 e. The predicted molar refractivity (Wildman–Crippen MR) is 101 cm³/mol. The molecule has 3 rings (SSSR count). The van der Waals surface area contributed by atoms with E-state index in [1.807, 2.05) is 6.07 Å². The zero-order valence-corrected chi connectivity index (χ0v) is 16.3. The summed E-state index contributed by atoms with van der Waals surface area (Å²) in [6.07, 6.45) is 0. The maximum atomic E-state index is 13.9. The van der Waals surface area contributed by atoms with Crippen LogP contribution in [0, 0.1) is 5.82 Å². The van der Waals surface area contributed by atoms with Crippen molar-refractivity contribution in [2.75, 3.05) is 26.2 Å². The SMILES string of the molecule is O=C(c1cc(Br)ccc1F)N1CCN(S(=O)(=O)Cc2ccccc2)CC1. The smallest absolute Gasteiger partial charge is 0.256 e. The van der Waals surface area contributed by atoms with Gasteiger partial charge in [0.25, 0.3) is 5.91 Å². The zero-order valence-electron chi connectivity index (χ0n) is 13.9. The van der Waals surface area contributed by atoms with Gasteiger partial charge in [-0.15, -0.1) is 0 Å². The highest BCUT2D eigenvalue weighted by molar-refractivity contribution is 9.10. The molecule has 2 aromatic rings. The van der Waals surface area contributed by atoms with Crippen LogP contribution >= 0.6 is 15.9 Å². The Balaban J connectivity index is 1.65. The molecular weight excluding hydrogens is 423 g/mol. The van der Waals surface area contributed by atoms with Crippen molar-refractivity contribution < 1.29 is 17.6 Å². The fourth-order valence-electron chi connectivity index (χ4n) is 2.88. The zero-order chi connectivity index (χ0) is 18.7. The van der Waals surface area contributed by atoms with Crippen molar-refractivity contribution in [3.8, 4) is 0 Å². The van der Waals surface area contributed by atoms with E-state index in [1.54, 1.807) is 24.3 Å². The molecule has 1 heterocycles. The highest BCUT2D eigenvalue weighted by Crippen LogP contribution is 2.19. The summed E-state index contributed by atoms with van der Waals surface area (Å²) in [6, 6.07) is 13.2. The second kappa shape index (κ2) is 7.85. The molecule has 0 unspecified atom stereocenters. The first kappa shape index (κ1) is 19.0. The fraction of sp³-hybridized carbons (Fsp3) is 0.278. The second-order valence-corrected chi connectivity index (χ2v) is 8.94. The van der Waals surface area contributed by atoms with E-state index in [0.717, 1.165) is 5.56 Å². The van der Waals surface area contributed by atoms with Gasteiger partial charge in [-0.1, -0.05) is 46.3 Å². The number of rotatable bonds is 4. The van der Waals surface area contributed by atoms with E-state index in [0.29, 0.717) is 4.47 Å². The molecule has 0 saturated carbocycles. The number of carbonyl (C=O) groups excluding carboxylic acids is 1. The van der Waals surface area contributed by atoms with Gasteiger partial charge in [0.05, 0.1) is 11.3 Å². The van der Waals surface area contributed by atoms with Crippen LogP contribution in [0.5, 0.6) is 0 Å². The van der Waals surface area contributed by atoms with Crippen LogP contribution < -0.4 is 0 Å². The first-order valence-electron chi connectivity index (χ1n) is 8.13. The van der Waals surface area contributed by atoms with Gasteiger partial charge in [-0.05, 0) is 23.8 Å². The largest absolute Gasteiger partial charge is 0.336 e. The van der Waals surface area contributed by atoms with Crippen LogP contribution in [0.1, 0.15) is 15.9 Å². The summed E-state index contributed by atoms with van der Waals surface area (Å²) in [4.78, 5) is 14.0. The monoisotopic (exact) mass is 440 g/mol. The van der Waals surface area contributed by atoms with Crippen molar-refractivity contribution in [2.45, 2.75) is 5.75 Å². The number of piperazine rings is 1. The van der Waals surface area contributed by atoms with E-state index in [2.05, 4.69) is 15.9 Å². The van der Waals surface area contributed by atoms with Gasteiger partial charge in [-0.3, -0.25) is 4.79 Å². The standard InChI is InChI=1S/C18H18BrFN2O3S/c19-15-6-7-17(20)16(12-15)18(23)21-8-10-22(11-9-21)26(24,25)13-14-4-2-1-3-5-14/h1-7,12H,8-11,13H2. The molecule has 0 aliphatic carbocycles. The van der Waals surface area contributed by atoms with Crippen molar-refractivity contribution in [1.29, 1.82) is 0 Å². The van der Waals surface area contributed by atoms with Crippen LogP contribution in [0.3, 0.4) is 0 Å². The molecule has 0 N–H and O–H groups in total. The molecular formula is C18H18BrFN2O3S. The van der Waals surface area contributed by atoms with E-state index >= 15 is 0 Å². The number of halogens is 2. The Morgan fingerprint density at radius 3 is 2.35 bits per heavy atom. The molecule has 1 saturated heterocycles. The molecule has 5 nitrogen and oxygen atoms in total. The van der Waals surface area contributed by atoms with Gasteiger partial charge in [0.1, 0.15) is 5.82 Å². The van der Waals surface area contributed by atoms with Gasteiger partial charge in [-0.2, -0.15) is 4.31 Å². The first-order valence-corrected chi connectivity index (χ1v) is 10.5. The molecule has 0 atom stereocenters. The average Bonchev–Trinajstić information content (AvgIpc) is 2.64. The third-order valence-electron chi connectivity index (χ3n) is 4.27. The summed E-state index contributed by atoms with van der Waals surface area (Å²) >= 11 is 3.23. The Kier molecular flexibility index (Phi) is 5.74. The summed E-state index contributed by atoms with van der Waals surface area (Å²) < 4.78 is 41.0. The third-order valence-corrected chi connectivity index (χ3v) is 6.61. The molecule has 0 aromatic heterocycles. The highest BCUT2D eigenvalue weighted by Gasteiger charge is 2.30. The van der Waals surface area contributed by atoms with Crippen LogP contribution in [0.25, 0.3) is 0 Å². The van der Waals surface area contributed by atoms with Gasteiger partial charge in [-0.25, -0.2) is 12.8 Å². The van der Waals surface area contributed by atoms with Crippen molar-refractivity contribution in [1.82, 2.24) is 9.21 Å². The molecule has 2 aromatic carbocycles. The molecule has 0 radical (unpaired) electrons. The lowest BCUT2D eigenvalue weighted by atomic mass is 10.1. The van der Waals surface area contributed by atoms with E-state index in [-0.39, 0.29) is 37.5 Å². The number of benzene rings is 2. The molecule has 1 amide bonds. The first-order chi connectivity index (χ1) is 12.4. The minimum absolute atomic E-state index is 0.0139. The molecule has 1 aliphatic heterocycles. The minimum atomic E-state index is -3.45. The lowest BCUT2D eigenvalue weighted by Crippen LogP contribution is -2.50. The number of carbonyl (C=O) groups is 1. The average molecular weight is 441 g/mol. The van der Waals surface area contributed by atoms with E-state index in [1.165, 1.54) is 27.4 Å². The van der Waals surface area contributed by atoms with Crippen LogP contribution in [0.4, 0.5) is 4.39 Å². The van der Waals surface area contributed by atoms with Crippen LogP contribution in [0.2, 0.25) is 0 Å². The third kappa shape index (κ3) is 4.31. The van der Waals surface area contributed by atoms with E-state index < -0.39 is 21.7 Å². The molecule has 26 heavy (non-hydrogen) atoms. The number of amides is 1. The molecule has 138 valence electrons. The van der Waals surface area contributed by atoms with Gasteiger partial charge in [0, 0.05) is 30.7 Å². The molecule has 0 spiro atoms. The summed E-state index contributed by atoms with van der Waals surface area (Å²) in [7, 11) is -3.45.